The van der Waals surface area contributed by atoms with Gasteiger partial charge in [-0.25, -0.2) is 4.79 Å². The Labute approximate surface area is 117 Å². The largest absolute Gasteiger partial charge is 0.394 e. The van der Waals surface area contributed by atoms with Gasteiger partial charge in [0.2, 0.25) is 0 Å². The lowest BCUT2D eigenvalue weighted by Gasteiger charge is -2.17. The van der Waals surface area contributed by atoms with Crippen molar-refractivity contribution >= 4 is 17.7 Å². The van der Waals surface area contributed by atoms with E-state index < -0.39 is 42.4 Å². The average molecular weight is 305 g/mol. The molecule has 0 saturated carbocycles. The van der Waals surface area contributed by atoms with Gasteiger partial charge in [-0.1, -0.05) is 11.6 Å². The van der Waals surface area contributed by atoms with Gasteiger partial charge in [0.1, 0.15) is 18.3 Å². The number of hydrogen-bond donors (Lipinski definition) is 4. The number of ether oxygens (including phenoxy) is 1. The van der Waals surface area contributed by atoms with Gasteiger partial charge in [-0.05, 0) is 6.08 Å². The monoisotopic (exact) mass is 304 g/mol. The molecule has 8 nitrogen and oxygen atoms in total. The Bertz CT molecular complexity index is 624. The molecule has 0 bridgehead atoms. The summed E-state index contributed by atoms with van der Waals surface area (Å²) in [6, 6.07) is 0. The third-order valence-electron chi connectivity index (χ3n) is 3.03. The summed E-state index contributed by atoms with van der Waals surface area (Å²) in [5, 5.41) is 28.5. The first kappa shape index (κ1) is 14.9. The number of aromatic nitrogens is 2. The number of nitrogens with one attached hydrogen (secondary N) is 1. The Kier molecular flexibility index (Phi) is 4.41. The van der Waals surface area contributed by atoms with E-state index in [1.54, 1.807) is 0 Å². The number of aliphatic hydroxyl groups excluding tert-OH is 3. The molecule has 2 heterocycles. The van der Waals surface area contributed by atoms with Crippen LogP contribution in [0.4, 0.5) is 0 Å². The van der Waals surface area contributed by atoms with Crippen molar-refractivity contribution < 1.29 is 20.1 Å². The molecule has 4 atom stereocenters. The zero-order chi connectivity index (χ0) is 14.9. The van der Waals surface area contributed by atoms with Crippen LogP contribution in [0.15, 0.2) is 21.3 Å². The highest BCUT2D eigenvalue weighted by Gasteiger charge is 2.43. The molecule has 1 aromatic heterocycles. The molecule has 0 radical (unpaired) electrons. The van der Waals surface area contributed by atoms with E-state index in [2.05, 4.69) is 0 Å². The minimum atomic E-state index is -1.41. The van der Waals surface area contributed by atoms with Gasteiger partial charge in [0, 0.05) is 11.7 Å². The number of aromatic amines is 1. The fourth-order valence-electron chi connectivity index (χ4n) is 1.99. The first-order valence-electron chi connectivity index (χ1n) is 5.74. The van der Waals surface area contributed by atoms with Gasteiger partial charge in [0.05, 0.1) is 12.2 Å². The van der Waals surface area contributed by atoms with Crippen molar-refractivity contribution in [2.24, 2.45) is 0 Å². The molecular weight excluding hydrogens is 292 g/mol. The fraction of sp³-hybridized carbons (Fsp3) is 0.455. The third-order valence-corrected chi connectivity index (χ3v) is 3.16. The highest BCUT2D eigenvalue weighted by Crippen LogP contribution is 2.27. The summed E-state index contributed by atoms with van der Waals surface area (Å²) < 4.78 is 6.14. The summed E-state index contributed by atoms with van der Waals surface area (Å²) in [5.41, 5.74) is -0.278. The van der Waals surface area contributed by atoms with E-state index in [0.717, 1.165) is 16.3 Å². The topological polar surface area (TPSA) is 125 Å². The highest BCUT2D eigenvalue weighted by molar-refractivity contribution is 6.27. The van der Waals surface area contributed by atoms with E-state index in [0.29, 0.717) is 0 Å². The lowest BCUT2D eigenvalue weighted by molar-refractivity contribution is -0.0550. The number of halogens is 1. The molecule has 1 fully saturated rings. The maximum absolute atomic E-state index is 11.7. The van der Waals surface area contributed by atoms with E-state index in [4.69, 9.17) is 21.4 Å². The van der Waals surface area contributed by atoms with Gasteiger partial charge in [-0.3, -0.25) is 14.3 Å². The molecule has 0 amide bonds. The van der Waals surface area contributed by atoms with Crippen LogP contribution >= 0.6 is 11.6 Å². The first-order chi connectivity index (χ1) is 9.49. The Morgan fingerprint density at radius 3 is 2.65 bits per heavy atom. The van der Waals surface area contributed by atoms with Crippen molar-refractivity contribution in [2.45, 2.75) is 24.5 Å². The molecule has 110 valence electrons. The van der Waals surface area contributed by atoms with Gasteiger partial charge >= 0.3 is 5.69 Å². The second-order valence-corrected chi connectivity index (χ2v) is 4.52. The van der Waals surface area contributed by atoms with Crippen LogP contribution in [0.5, 0.6) is 0 Å². The summed E-state index contributed by atoms with van der Waals surface area (Å²) in [5.74, 6) is 0. The van der Waals surface area contributed by atoms with Crippen LogP contribution < -0.4 is 11.2 Å². The van der Waals surface area contributed by atoms with Gasteiger partial charge in [-0.2, -0.15) is 0 Å². The standard InChI is InChI=1S/C11H13ClN2O6/c12-2-1-5-3-14(11(19)13-9(5)18)10-8(17)7(16)6(4-15)20-10/h1-3,6-8,10,15-17H,4H2,(H,13,18,19)/b2-1+/t6-,7-,8+,10-/m1/s1. The Hall–Kier alpha value is -1.45. The molecular formula is C11H13ClN2O6. The third kappa shape index (κ3) is 2.56. The molecule has 0 aliphatic carbocycles. The molecule has 9 heteroatoms. The molecule has 0 spiro atoms. The first-order valence-corrected chi connectivity index (χ1v) is 6.18. The SMILES string of the molecule is O=c1[nH]c(=O)n([C@@H]2O[C@H](CO)[C@@H](O)[C@@H]2O)cc1/C=C/Cl. The van der Waals surface area contributed by atoms with Crippen molar-refractivity contribution in [3.05, 3.63) is 38.1 Å². The second kappa shape index (κ2) is 5.90. The van der Waals surface area contributed by atoms with Crippen LogP contribution in [-0.2, 0) is 4.74 Å². The summed E-state index contributed by atoms with van der Waals surface area (Å²) in [7, 11) is 0. The van der Waals surface area contributed by atoms with Crippen LogP contribution in [-0.4, -0.2) is 49.8 Å². The van der Waals surface area contributed by atoms with Gasteiger partial charge < -0.3 is 20.1 Å². The molecule has 1 saturated heterocycles. The molecule has 1 aliphatic rings. The Morgan fingerprint density at radius 1 is 1.40 bits per heavy atom. The zero-order valence-corrected chi connectivity index (χ0v) is 10.9. The zero-order valence-electron chi connectivity index (χ0n) is 10.1. The van der Waals surface area contributed by atoms with Crippen LogP contribution in [0.2, 0.25) is 0 Å². The van der Waals surface area contributed by atoms with E-state index in [1.165, 1.54) is 6.08 Å². The molecule has 1 aromatic rings. The van der Waals surface area contributed by atoms with Gasteiger partial charge in [0.15, 0.2) is 6.23 Å². The lowest BCUT2D eigenvalue weighted by Crippen LogP contribution is -2.38. The number of aliphatic hydroxyl groups is 3. The maximum Gasteiger partial charge on any atom is 0.330 e. The van der Waals surface area contributed by atoms with E-state index in [1.807, 2.05) is 4.98 Å². The minimum absolute atomic E-state index is 0.0809. The molecule has 4 N–H and O–H groups in total. The van der Waals surface area contributed by atoms with Crippen molar-refractivity contribution in [2.75, 3.05) is 6.61 Å². The summed E-state index contributed by atoms with van der Waals surface area (Å²) >= 11 is 5.38. The predicted octanol–water partition coefficient (Wildman–Crippen LogP) is -1.64. The average Bonchev–Trinajstić information content (AvgIpc) is 2.70. The van der Waals surface area contributed by atoms with Crippen LogP contribution in [0.3, 0.4) is 0 Å². The number of nitrogens with zero attached hydrogens (tertiary/aromatic N) is 1. The molecule has 0 aromatic carbocycles. The summed E-state index contributed by atoms with van der Waals surface area (Å²) in [6.07, 6.45) is -2.56. The predicted molar refractivity (Wildman–Crippen MR) is 69.2 cm³/mol. The summed E-state index contributed by atoms with van der Waals surface area (Å²) in [4.78, 5) is 25.3. The van der Waals surface area contributed by atoms with Crippen molar-refractivity contribution in [3.8, 4) is 0 Å². The number of hydrogen-bond acceptors (Lipinski definition) is 6. The van der Waals surface area contributed by atoms with Crippen LogP contribution in [0, 0.1) is 0 Å². The van der Waals surface area contributed by atoms with Gasteiger partial charge in [0.25, 0.3) is 5.56 Å². The fourth-order valence-corrected chi connectivity index (χ4v) is 2.12. The van der Waals surface area contributed by atoms with E-state index in [-0.39, 0.29) is 5.56 Å². The van der Waals surface area contributed by atoms with Gasteiger partial charge in [-0.15, -0.1) is 0 Å². The highest BCUT2D eigenvalue weighted by atomic mass is 35.5. The van der Waals surface area contributed by atoms with Crippen LogP contribution in [0.1, 0.15) is 11.8 Å². The number of rotatable bonds is 3. The molecule has 1 aliphatic heterocycles. The minimum Gasteiger partial charge on any atom is -0.394 e. The quantitative estimate of drug-likeness (QED) is 0.531. The van der Waals surface area contributed by atoms with Crippen LogP contribution in [0.25, 0.3) is 6.08 Å². The summed E-state index contributed by atoms with van der Waals surface area (Å²) in [6.45, 7) is -0.513. The molecule has 20 heavy (non-hydrogen) atoms. The molecule has 2 rings (SSSR count). The molecule has 0 unspecified atom stereocenters. The normalized spacial score (nSPS) is 30.2. The smallest absolute Gasteiger partial charge is 0.330 e. The Balaban J connectivity index is 2.46. The maximum atomic E-state index is 11.7. The Morgan fingerprint density at radius 2 is 2.10 bits per heavy atom. The second-order valence-electron chi connectivity index (χ2n) is 4.27. The van der Waals surface area contributed by atoms with Crippen molar-refractivity contribution in [1.82, 2.24) is 9.55 Å². The van der Waals surface area contributed by atoms with E-state index in [9.17, 15) is 19.8 Å². The lowest BCUT2D eigenvalue weighted by atomic mass is 10.1. The van der Waals surface area contributed by atoms with Crippen molar-refractivity contribution in [1.29, 1.82) is 0 Å². The van der Waals surface area contributed by atoms with Crippen molar-refractivity contribution in [3.63, 3.8) is 0 Å². The van der Waals surface area contributed by atoms with E-state index >= 15 is 0 Å². The number of H-pyrrole nitrogens is 1.